The number of nitrogens with zero attached hydrogens (tertiary/aromatic N) is 1. The van der Waals surface area contributed by atoms with Crippen molar-refractivity contribution < 1.29 is 4.79 Å². The lowest BCUT2D eigenvalue weighted by Gasteiger charge is -2.23. The predicted molar refractivity (Wildman–Crippen MR) is 95.1 cm³/mol. The molecule has 2 saturated heterocycles. The second-order valence-corrected chi connectivity index (χ2v) is 7.24. The Morgan fingerprint density at radius 1 is 1.35 bits per heavy atom. The van der Waals surface area contributed by atoms with Crippen LogP contribution in [-0.4, -0.2) is 38.6 Å². The van der Waals surface area contributed by atoms with Crippen LogP contribution in [0.15, 0.2) is 18.2 Å². The summed E-state index contributed by atoms with van der Waals surface area (Å²) in [6.45, 7) is 6.87. The summed E-state index contributed by atoms with van der Waals surface area (Å²) >= 11 is 6.13. The summed E-state index contributed by atoms with van der Waals surface area (Å²) in [5.74, 6) is 0.965. The van der Waals surface area contributed by atoms with Crippen molar-refractivity contribution in [3.05, 3.63) is 28.8 Å². The van der Waals surface area contributed by atoms with Crippen molar-refractivity contribution in [3.63, 3.8) is 0 Å². The second kappa shape index (κ2) is 7.54. The summed E-state index contributed by atoms with van der Waals surface area (Å²) in [5, 5.41) is 7.26. The highest BCUT2D eigenvalue weighted by atomic mass is 35.5. The van der Waals surface area contributed by atoms with E-state index < -0.39 is 0 Å². The predicted octanol–water partition coefficient (Wildman–Crippen LogP) is 2.59. The van der Waals surface area contributed by atoms with Crippen molar-refractivity contribution >= 4 is 23.2 Å². The van der Waals surface area contributed by atoms with Crippen molar-refractivity contribution in [1.82, 2.24) is 10.6 Å². The van der Waals surface area contributed by atoms with E-state index in [-0.39, 0.29) is 11.8 Å². The van der Waals surface area contributed by atoms with Crippen LogP contribution in [0.4, 0.5) is 5.69 Å². The molecule has 1 atom stereocenters. The topological polar surface area (TPSA) is 44.4 Å². The molecule has 2 heterocycles. The Labute approximate surface area is 143 Å². The summed E-state index contributed by atoms with van der Waals surface area (Å²) in [4.78, 5) is 14.6. The van der Waals surface area contributed by atoms with Gasteiger partial charge in [0, 0.05) is 36.3 Å². The Balaban J connectivity index is 1.50. The highest BCUT2D eigenvalue weighted by Gasteiger charge is 2.26. The molecule has 0 saturated carbocycles. The molecule has 0 spiro atoms. The van der Waals surface area contributed by atoms with E-state index in [0.29, 0.717) is 5.92 Å². The van der Waals surface area contributed by atoms with Crippen molar-refractivity contribution in [3.8, 4) is 0 Å². The van der Waals surface area contributed by atoms with Gasteiger partial charge in [0.1, 0.15) is 0 Å². The number of carbonyl (C=O) groups is 1. The number of amides is 1. The smallest absolute Gasteiger partial charge is 0.223 e. The first-order valence-electron chi connectivity index (χ1n) is 8.63. The Morgan fingerprint density at radius 2 is 2.13 bits per heavy atom. The summed E-state index contributed by atoms with van der Waals surface area (Å²) in [5.41, 5.74) is 2.48. The van der Waals surface area contributed by atoms with Crippen molar-refractivity contribution in [2.45, 2.75) is 26.2 Å². The summed E-state index contributed by atoms with van der Waals surface area (Å²) in [6, 6.07) is 6.06. The van der Waals surface area contributed by atoms with Gasteiger partial charge < -0.3 is 15.5 Å². The molecule has 3 rings (SSSR count). The average molecular weight is 336 g/mol. The number of nitrogens with one attached hydrogen (secondary N) is 2. The minimum absolute atomic E-state index is 0.198. The molecule has 1 unspecified atom stereocenters. The van der Waals surface area contributed by atoms with E-state index in [1.54, 1.807) is 0 Å². The van der Waals surface area contributed by atoms with Crippen molar-refractivity contribution in [1.29, 1.82) is 0 Å². The molecule has 2 fully saturated rings. The lowest BCUT2D eigenvalue weighted by atomic mass is 9.97. The third-order valence-electron chi connectivity index (χ3n) is 5.07. The normalized spacial score (nSPS) is 22.3. The molecule has 1 amide bonds. The van der Waals surface area contributed by atoms with Gasteiger partial charge in [0.2, 0.25) is 5.91 Å². The van der Waals surface area contributed by atoms with E-state index >= 15 is 0 Å². The monoisotopic (exact) mass is 335 g/mol. The van der Waals surface area contributed by atoms with E-state index in [2.05, 4.69) is 28.5 Å². The van der Waals surface area contributed by atoms with Crippen molar-refractivity contribution in [2.75, 3.05) is 37.6 Å². The molecule has 0 bridgehead atoms. The molecule has 5 heteroatoms. The number of rotatable bonds is 4. The number of halogens is 1. The van der Waals surface area contributed by atoms with Gasteiger partial charge >= 0.3 is 0 Å². The molecular formula is C18H26ClN3O. The first kappa shape index (κ1) is 16.6. The SMILES string of the molecule is Cc1ccc(Cl)cc1N1CCC(CNC(=O)C2CCNCC2)C1. The van der Waals surface area contributed by atoms with Crippen LogP contribution < -0.4 is 15.5 Å². The second-order valence-electron chi connectivity index (χ2n) is 6.80. The number of anilines is 1. The van der Waals surface area contributed by atoms with Gasteiger partial charge in [0.15, 0.2) is 0 Å². The quantitative estimate of drug-likeness (QED) is 0.889. The van der Waals surface area contributed by atoms with Crippen molar-refractivity contribution in [2.24, 2.45) is 11.8 Å². The van der Waals surface area contributed by atoms with Crippen LogP contribution in [0.1, 0.15) is 24.8 Å². The molecule has 2 aliphatic rings. The third-order valence-corrected chi connectivity index (χ3v) is 5.31. The van der Waals surface area contributed by atoms with Crippen LogP contribution in [0.25, 0.3) is 0 Å². The van der Waals surface area contributed by atoms with Gasteiger partial charge in [-0.25, -0.2) is 0 Å². The molecule has 126 valence electrons. The molecule has 2 N–H and O–H groups in total. The van der Waals surface area contributed by atoms with E-state index in [1.165, 1.54) is 11.3 Å². The fourth-order valence-corrected chi connectivity index (χ4v) is 3.78. The average Bonchev–Trinajstić information content (AvgIpc) is 3.04. The van der Waals surface area contributed by atoms with Gasteiger partial charge in [-0.2, -0.15) is 0 Å². The largest absolute Gasteiger partial charge is 0.371 e. The molecule has 1 aromatic carbocycles. The Kier molecular flexibility index (Phi) is 5.44. The minimum atomic E-state index is 0.198. The van der Waals surface area contributed by atoms with Crippen LogP contribution >= 0.6 is 11.6 Å². The van der Waals surface area contributed by atoms with Crippen LogP contribution in [0.2, 0.25) is 5.02 Å². The van der Waals surface area contributed by atoms with Gasteiger partial charge in [0.25, 0.3) is 0 Å². The number of piperidine rings is 1. The van der Waals surface area contributed by atoms with Crippen LogP contribution in [0.5, 0.6) is 0 Å². The van der Waals surface area contributed by atoms with Crippen LogP contribution in [-0.2, 0) is 4.79 Å². The Bertz CT molecular complexity index is 557. The Hall–Kier alpha value is -1.26. The van der Waals surface area contributed by atoms with Crippen LogP contribution in [0, 0.1) is 18.8 Å². The number of hydrogen-bond donors (Lipinski definition) is 2. The lowest BCUT2D eigenvalue weighted by molar-refractivity contribution is -0.125. The molecular weight excluding hydrogens is 310 g/mol. The minimum Gasteiger partial charge on any atom is -0.371 e. The molecule has 0 aromatic heterocycles. The van der Waals surface area contributed by atoms with Gasteiger partial charge in [0.05, 0.1) is 0 Å². The fraction of sp³-hybridized carbons (Fsp3) is 0.611. The first-order valence-corrected chi connectivity index (χ1v) is 9.01. The molecule has 0 radical (unpaired) electrons. The first-order chi connectivity index (χ1) is 11.1. The number of benzene rings is 1. The molecule has 0 aliphatic carbocycles. The maximum Gasteiger partial charge on any atom is 0.223 e. The molecule has 2 aliphatic heterocycles. The fourth-order valence-electron chi connectivity index (χ4n) is 3.61. The van der Waals surface area contributed by atoms with E-state index in [4.69, 9.17) is 11.6 Å². The maximum absolute atomic E-state index is 12.2. The zero-order valence-corrected chi connectivity index (χ0v) is 14.5. The molecule has 1 aromatic rings. The van der Waals surface area contributed by atoms with Gasteiger partial charge in [-0.1, -0.05) is 17.7 Å². The van der Waals surface area contributed by atoms with Gasteiger partial charge in [-0.05, 0) is 62.9 Å². The third kappa shape index (κ3) is 4.18. The Morgan fingerprint density at radius 3 is 2.91 bits per heavy atom. The summed E-state index contributed by atoms with van der Waals surface area (Å²) in [7, 11) is 0. The number of carbonyl (C=O) groups excluding carboxylic acids is 1. The maximum atomic E-state index is 12.2. The van der Waals surface area contributed by atoms with E-state index in [1.807, 2.05) is 12.1 Å². The van der Waals surface area contributed by atoms with Gasteiger partial charge in [-0.3, -0.25) is 4.79 Å². The highest BCUT2D eigenvalue weighted by Crippen LogP contribution is 2.29. The number of hydrogen-bond acceptors (Lipinski definition) is 3. The standard InChI is InChI=1S/C18H26ClN3O/c1-13-2-3-16(19)10-17(13)22-9-6-14(12-22)11-21-18(23)15-4-7-20-8-5-15/h2-3,10,14-15,20H,4-9,11-12H2,1H3,(H,21,23). The van der Waals surface area contributed by atoms with Gasteiger partial charge in [-0.15, -0.1) is 0 Å². The van der Waals surface area contributed by atoms with E-state index in [9.17, 15) is 4.79 Å². The summed E-state index contributed by atoms with van der Waals surface area (Å²) < 4.78 is 0. The van der Waals surface area contributed by atoms with E-state index in [0.717, 1.165) is 57.0 Å². The highest BCUT2D eigenvalue weighted by molar-refractivity contribution is 6.30. The lowest BCUT2D eigenvalue weighted by Crippen LogP contribution is -2.40. The summed E-state index contributed by atoms with van der Waals surface area (Å²) in [6.07, 6.45) is 3.05. The van der Waals surface area contributed by atoms with Crippen LogP contribution in [0.3, 0.4) is 0 Å². The molecule has 4 nitrogen and oxygen atoms in total. The molecule has 23 heavy (non-hydrogen) atoms. The zero-order chi connectivity index (χ0) is 16.2. The number of aryl methyl sites for hydroxylation is 1. The zero-order valence-electron chi connectivity index (χ0n) is 13.8.